The van der Waals surface area contributed by atoms with E-state index in [0.29, 0.717) is 11.1 Å². The monoisotopic (exact) mass is 308 g/mol. The first-order valence-electron chi connectivity index (χ1n) is 5.63. The summed E-state index contributed by atoms with van der Waals surface area (Å²) in [6.07, 6.45) is -8.84. The fourth-order valence-corrected chi connectivity index (χ4v) is 1.60. The molecule has 2 aromatic heterocycles. The van der Waals surface area contributed by atoms with E-state index in [4.69, 9.17) is 0 Å². The fraction of sp³-hybridized carbons (Fsp3) is 0.333. The largest absolute Gasteiger partial charge is 0.430 e. The molecule has 0 saturated heterocycles. The van der Waals surface area contributed by atoms with Gasteiger partial charge in [-0.1, -0.05) is 0 Å². The number of halogens is 6. The lowest BCUT2D eigenvalue weighted by molar-refractivity contribution is -0.149. The molecule has 0 fully saturated rings. The van der Waals surface area contributed by atoms with Crippen molar-refractivity contribution in [3.63, 3.8) is 0 Å². The third-order valence-corrected chi connectivity index (χ3v) is 2.80. The Hall–Kier alpha value is -2.06. The molecule has 2 aromatic rings. The average Bonchev–Trinajstić information content (AvgIpc) is 2.77. The van der Waals surface area contributed by atoms with E-state index in [0.717, 1.165) is 0 Å². The summed E-state index contributed by atoms with van der Waals surface area (Å²) in [7, 11) is 0. The summed E-state index contributed by atoms with van der Waals surface area (Å²) in [4.78, 5) is 9.26. The Bertz CT molecular complexity index is 669. The predicted octanol–water partition coefficient (Wildman–Crippen LogP) is 3.76. The van der Waals surface area contributed by atoms with E-state index in [1.165, 1.54) is 12.3 Å². The van der Waals surface area contributed by atoms with E-state index < -0.39 is 29.6 Å². The van der Waals surface area contributed by atoms with Crippen molar-refractivity contribution in [3.8, 4) is 11.4 Å². The van der Waals surface area contributed by atoms with Crippen LogP contribution in [0, 0.1) is 13.8 Å². The van der Waals surface area contributed by atoms with Gasteiger partial charge in [0.1, 0.15) is 0 Å². The first kappa shape index (κ1) is 15.3. The van der Waals surface area contributed by atoms with Crippen molar-refractivity contribution in [2.24, 2.45) is 0 Å². The van der Waals surface area contributed by atoms with Gasteiger partial charge in [0.2, 0.25) is 0 Å². The zero-order valence-corrected chi connectivity index (χ0v) is 10.8. The lowest BCUT2D eigenvalue weighted by Gasteiger charge is -2.12. The maximum atomic E-state index is 12.8. The van der Waals surface area contributed by atoms with Gasteiger partial charge >= 0.3 is 12.4 Å². The molecule has 0 aliphatic rings. The zero-order chi connectivity index (χ0) is 16.0. The minimum Gasteiger partial charge on any atom is -0.430 e. The Kier molecular flexibility index (Phi) is 3.46. The topological polar surface area (TPSA) is 39.9 Å². The molecule has 3 nitrogen and oxygen atoms in total. The van der Waals surface area contributed by atoms with E-state index in [-0.39, 0.29) is 5.69 Å². The molecule has 0 saturated carbocycles. The van der Waals surface area contributed by atoms with Crippen molar-refractivity contribution < 1.29 is 26.3 Å². The van der Waals surface area contributed by atoms with Gasteiger partial charge in [0.25, 0.3) is 0 Å². The Morgan fingerprint density at radius 2 is 1.57 bits per heavy atom. The number of alkyl halides is 6. The van der Waals surface area contributed by atoms with E-state index in [1.807, 2.05) is 0 Å². The van der Waals surface area contributed by atoms with Gasteiger partial charge in [0, 0.05) is 17.7 Å². The van der Waals surface area contributed by atoms with Gasteiger partial charge in [0.15, 0.2) is 0 Å². The molecule has 0 radical (unpaired) electrons. The van der Waals surface area contributed by atoms with Crippen LogP contribution in [0.15, 0.2) is 12.3 Å². The quantitative estimate of drug-likeness (QED) is 0.753. The lowest BCUT2D eigenvalue weighted by atomic mass is 10.1. The molecule has 0 unspecified atom stereocenters. The van der Waals surface area contributed by atoms with Gasteiger partial charge in [-0.05, 0) is 36.7 Å². The van der Waals surface area contributed by atoms with Gasteiger partial charge in [-0.3, -0.25) is 4.98 Å². The maximum Gasteiger partial charge on any atom is 0.413 e. The van der Waals surface area contributed by atoms with E-state index in [9.17, 15) is 26.3 Å². The second kappa shape index (κ2) is 4.74. The van der Waals surface area contributed by atoms with Gasteiger partial charge in [-0.15, -0.1) is 0 Å². The molecule has 9 heteroatoms. The zero-order valence-electron chi connectivity index (χ0n) is 10.8. The highest BCUT2D eigenvalue weighted by Gasteiger charge is 2.36. The van der Waals surface area contributed by atoms with Crippen LogP contribution in [0.5, 0.6) is 0 Å². The van der Waals surface area contributed by atoms with Gasteiger partial charge in [-0.25, -0.2) is 0 Å². The van der Waals surface area contributed by atoms with E-state index in [1.54, 1.807) is 13.8 Å². The van der Waals surface area contributed by atoms with E-state index in [2.05, 4.69) is 15.0 Å². The number of pyridine rings is 1. The third kappa shape index (κ3) is 3.01. The average molecular weight is 308 g/mol. The molecule has 114 valence electrons. The number of rotatable bonds is 1. The second-order valence-electron chi connectivity index (χ2n) is 4.39. The Balaban J connectivity index is 2.66. The van der Waals surface area contributed by atoms with Crippen LogP contribution in [0.25, 0.3) is 11.4 Å². The molecule has 21 heavy (non-hydrogen) atoms. The van der Waals surface area contributed by atoms with Gasteiger partial charge < -0.3 is 9.97 Å². The van der Waals surface area contributed by atoms with Crippen LogP contribution in [0.1, 0.15) is 22.6 Å². The molecule has 0 bridgehead atoms. The molecule has 2 heterocycles. The normalized spacial score (nSPS) is 12.8. The first-order chi connectivity index (χ1) is 9.50. The molecular formula is C12H8F6N3-. The van der Waals surface area contributed by atoms with Crippen molar-refractivity contribution in [3.05, 3.63) is 34.9 Å². The molecule has 0 aliphatic carbocycles. The highest BCUT2D eigenvalue weighted by molar-refractivity contribution is 5.59. The van der Waals surface area contributed by atoms with Crippen LogP contribution in [-0.2, 0) is 12.4 Å². The van der Waals surface area contributed by atoms with Crippen LogP contribution >= 0.6 is 0 Å². The number of hydrogen-bond donors (Lipinski definition) is 0. The van der Waals surface area contributed by atoms with Crippen molar-refractivity contribution in [1.82, 2.24) is 15.0 Å². The summed E-state index contributed by atoms with van der Waals surface area (Å²) in [6.45, 7) is 3.28. The SMILES string of the molecule is Cc1cnc(-c2[n-]c(C(F)(F)F)nc2C(F)(F)F)cc1C. The molecule has 2 rings (SSSR count). The molecular weight excluding hydrogens is 300 g/mol. The number of nitrogens with zero attached hydrogens (tertiary/aromatic N) is 3. The summed E-state index contributed by atoms with van der Waals surface area (Å²) in [5.41, 5.74) is -1.62. The predicted molar refractivity (Wildman–Crippen MR) is 60.3 cm³/mol. The first-order valence-corrected chi connectivity index (χ1v) is 5.63. The van der Waals surface area contributed by atoms with Crippen LogP contribution in [0.2, 0.25) is 0 Å². The molecule has 0 N–H and O–H groups in total. The highest BCUT2D eigenvalue weighted by atomic mass is 19.4. The summed E-state index contributed by atoms with van der Waals surface area (Å²) < 4.78 is 76.0. The van der Waals surface area contributed by atoms with E-state index >= 15 is 0 Å². The molecule has 0 aromatic carbocycles. The number of hydrogen-bond acceptors (Lipinski definition) is 2. The summed E-state index contributed by atoms with van der Waals surface area (Å²) in [6, 6.07) is 1.24. The smallest absolute Gasteiger partial charge is 0.413 e. The molecule has 0 aliphatic heterocycles. The van der Waals surface area contributed by atoms with Crippen LogP contribution < -0.4 is 4.98 Å². The summed E-state index contributed by atoms with van der Waals surface area (Å²) in [5, 5.41) is 0. The van der Waals surface area contributed by atoms with Crippen molar-refractivity contribution >= 4 is 0 Å². The molecule has 0 atom stereocenters. The van der Waals surface area contributed by atoms with Gasteiger partial charge in [-0.2, -0.15) is 26.3 Å². The number of aryl methyl sites for hydroxylation is 2. The highest BCUT2D eigenvalue weighted by Crippen LogP contribution is 2.37. The standard InChI is InChI=1S/C12H8F6N3/c1-5-3-7(19-4-6(5)2)8-9(11(13,14)15)21-10(20-8)12(16,17)18/h3-4H,1-2H3/q-1. The Morgan fingerprint density at radius 1 is 0.952 bits per heavy atom. The third-order valence-electron chi connectivity index (χ3n) is 2.80. The maximum absolute atomic E-state index is 12.8. The van der Waals surface area contributed by atoms with Crippen molar-refractivity contribution in [2.75, 3.05) is 0 Å². The lowest BCUT2D eigenvalue weighted by Crippen LogP contribution is -2.10. The minimum atomic E-state index is -5.06. The molecule has 0 spiro atoms. The second-order valence-corrected chi connectivity index (χ2v) is 4.39. The number of aromatic nitrogens is 3. The summed E-state index contributed by atoms with van der Waals surface area (Å²) >= 11 is 0. The molecule has 0 amide bonds. The van der Waals surface area contributed by atoms with Gasteiger partial charge in [0.05, 0.1) is 5.69 Å². The fourth-order valence-electron chi connectivity index (χ4n) is 1.60. The van der Waals surface area contributed by atoms with Crippen molar-refractivity contribution in [1.29, 1.82) is 0 Å². The van der Waals surface area contributed by atoms with Crippen LogP contribution in [-0.4, -0.2) is 9.97 Å². The number of imidazole rings is 1. The minimum absolute atomic E-state index is 0.298. The Labute approximate surface area is 115 Å². The van der Waals surface area contributed by atoms with Crippen LogP contribution in [0.3, 0.4) is 0 Å². The van der Waals surface area contributed by atoms with Crippen molar-refractivity contribution in [2.45, 2.75) is 26.2 Å². The Morgan fingerprint density at radius 3 is 2.05 bits per heavy atom. The summed E-state index contributed by atoms with van der Waals surface area (Å²) in [5.74, 6) is -1.83. The van der Waals surface area contributed by atoms with Crippen LogP contribution in [0.4, 0.5) is 26.3 Å².